The van der Waals surface area contributed by atoms with E-state index in [0.717, 1.165) is 6.07 Å². The molecule has 0 saturated carbocycles. The summed E-state index contributed by atoms with van der Waals surface area (Å²) in [5.74, 6) is -1.55. The van der Waals surface area contributed by atoms with Crippen LogP contribution in [0.3, 0.4) is 0 Å². The average molecular weight is 444 g/mol. The normalized spacial score (nSPS) is 19.1. The third-order valence-corrected chi connectivity index (χ3v) is 5.74. The number of nitrogens with zero attached hydrogens (tertiary/aromatic N) is 4. The zero-order chi connectivity index (χ0) is 22.4. The molecule has 2 N–H and O–H groups in total. The van der Waals surface area contributed by atoms with Crippen molar-refractivity contribution >= 4 is 40.3 Å². The van der Waals surface area contributed by atoms with Gasteiger partial charge >= 0.3 is 0 Å². The van der Waals surface area contributed by atoms with Crippen LogP contribution < -0.4 is 10.6 Å². The molecule has 1 radical (unpaired) electrons. The summed E-state index contributed by atoms with van der Waals surface area (Å²) in [4.78, 5) is 39.2. The predicted octanol–water partition coefficient (Wildman–Crippen LogP) is 3.29. The lowest BCUT2D eigenvalue weighted by molar-refractivity contribution is -0.133. The Kier molecular flexibility index (Phi) is 5.30. The van der Waals surface area contributed by atoms with Crippen molar-refractivity contribution in [1.29, 1.82) is 0 Å². The smallest absolute Gasteiger partial charge is 0.273 e. The van der Waals surface area contributed by atoms with Crippen LogP contribution in [0.4, 0.5) is 10.2 Å². The Morgan fingerprint density at radius 1 is 1.26 bits per heavy atom. The van der Waals surface area contributed by atoms with Gasteiger partial charge in [0.2, 0.25) is 5.91 Å². The minimum atomic E-state index is -1.02. The van der Waals surface area contributed by atoms with Gasteiger partial charge in [0.15, 0.2) is 5.82 Å². The van der Waals surface area contributed by atoms with Crippen molar-refractivity contribution in [2.45, 2.75) is 32.9 Å². The second-order valence-electron chi connectivity index (χ2n) is 7.80. The van der Waals surface area contributed by atoms with Crippen LogP contribution >= 0.6 is 11.6 Å². The molecule has 0 spiro atoms. The fourth-order valence-corrected chi connectivity index (χ4v) is 4.52. The van der Waals surface area contributed by atoms with E-state index >= 15 is 4.39 Å². The van der Waals surface area contributed by atoms with Gasteiger partial charge in [-0.1, -0.05) is 11.6 Å². The zero-order valence-corrected chi connectivity index (χ0v) is 18.0. The highest BCUT2D eigenvalue weighted by molar-refractivity contribution is 6.31. The molecule has 8 nitrogen and oxygen atoms in total. The Labute approximate surface area is 183 Å². The van der Waals surface area contributed by atoms with Crippen molar-refractivity contribution in [2.75, 3.05) is 18.0 Å². The number of halogens is 2. The lowest BCUT2D eigenvalue weighted by Crippen LogP contribution is -2.58. The number of fused-ring (bicyclic) bond motifs is 1. The third kappa shape index (κ3) is 3.69. The molecule has 1 aliphatic heterocycles. The summed E-state index contributed by atoms with van der Waals surface area (Å²) >= 11 is 6.07. The molecular formula is C21H21ClFN6O2. The Morgan fingerprint density at radius 3 is 2.55 bits per heavy atom. The van der Waals surface area contributed by atoms with Crippen LogP contribution in [-0.2, 0) is 4.79 Å². The van der Waals surface area contributed by atoms with Gasteiger partial charge in [-0.05, 0) is 26.0 Å². The maximum atomic E-state index is 15.0. The van der Waals surface area contributed by atoms with Gasteiger partial charge in [-0.25, -0.2) is 14.4 Å². The van der Waals surface area contributed by atoms with Gasteiger partial charge in [-0.15, -0.1) is 0 Å². The van der Waals surface area contributed by atoms with Crippen LogP contribution in [-0.4, -0.2) is 56.8 Å². The number of aromatic amines is 1. The first-order chi connectivity index (χ1) is 14.7. The molecule has 2 amide bonds. The molecule has 1 saturated heterocycles. The van der Waals surface area contributed by atoms with E-state index in [9.17, 15) is 9.59 Å². The Bertz CT molecular complexity index is 1180. The Morgan fingerprint density at radius 2 is 1.94 bits per heavy atom. The molecule has 161 valence electrons. The van der Waals surface area contributed by atoms with Crippen molar-refractivity contribution in [2.24, 2.45) is 0 Å². The number of nitrogens with one attached hydrogen (secondary N) is 2. The van der Waals surface area contributed by atoms with Crippen molar-refractivity contribution in [3.8, 4) is 11.3 Å². The van der Waals surface area contributed by atoms with E-state index < -0.39 is 11.7 Å². The zero-order valence-electron chi connectivity index (χ0n) is 17.2. The highest BCUT2D eigenvalue weighted by Gasteiger charge is 2.34. The molecule has 10 heteroatoms. The van der Waals surface area contributed by atoms with Gasteiger partial charge in [0.05, 0.1) is 10.6 Å². The maximum Gasteiger partial charge on any atom is 0.273 e. The molecule has 0 bridgehead atoms. The number of rotatable bonds is 3. The molecule has 1 aliphatic rings. The summed E-state index contributed by atoms with van der Waals surface area (Å²) in [6, 6.07) is 2.44. The minimum absolute atomic E-state index is 0.0321. The van der Waals surface area contributed by atoms with Crippen LogP contribution in [0.2, 0.25) is 5.02 Å². The fraction of sp³-hybridized carbons (Fsp3) is 0.333. The van der Waals surface area contributed by atoms with E-state index in [1.807, 2.05) is 18.7 Å². The second-order valence-corrected chi connectivity index (χ2v) is 8.24. The number of carbonyl (C=O) groups is 2. The van der Waals surface area contributed by atoms with Crippen LogP contribution in [0.15, 0.2) is 24.5 Å². The second kappa shape index (κ2) is 7.81. The van der Waals surface area contributed by atoms with E-state index in [1.165, 1.54) is 13.1 Å². The number of hydrogen-bond donors (Lipinski definition) is 1. The van der Waals surface area contributed by atoms with Gasteiger partial charge < -0.3 is 14.8 Å². The lowest BCUT2D eigenvalue weighted by Gasteiger charge is -2.44. The quantitative estimate of drug-likeness (QED) is 0.668. The number of piperazine rings is 1. The van der Waals surface area contributed by atoms with Gasteiger partial charge in [0.25, 0.3) is 5.91 Å². The number of aromatic nitrogens is 3. The molecule has 0 unspecified atom stereocenters. The summed E-state index contributed by atoms with van der Waals surface area (Å²) in [6.07, 6.45) is 3.07. The van der Waals surface area contributed by atoms with Gasteiger partial charge in [0, 0.05) is 55.4 Å². The van der Waals surface area contributed by atoms with Crippen molar-refractivity contribution in [1.82, 2.24) is 25.6 Å². The Balaban J connectivity index is 1.84. The molecule has 0 aliphatic carbocycles. The molecule has 31 heavy (non-hydrogen) atoms. The van der Waals surface area contributed by atoms with Crippen molar-refractivity contribution < 1.29 is 14.0 Å². The lowest BCUT2D eigenvalue weighted by atomic mass is 10.1. The van der Waals surface area contributed by atoms with Crippen LogP contribution in [0, 0.1) is 5.82 Å². The van der Waals surface area contributed by atoms with Crippen molar-refractivity contribution in [3.05, 3.63) is 40.9 Å². The number of anilines is 1. The molecule has 3 aromatic rings. The summed E-state index contributed by atoms with van der Waals surface area (Å²) in [5.41, 5.74) is 8.51. The molecule has 0 aromatic carbocycles. The SMILES string of the molecule is CC(=O)N1[C@H](C)CN(c2nc(-c3c[nH]c4ncc(Cl)cc34)c(F)cc2C([NH])=O)C[C@@H]1C. The first-order valence-electron chi connectivity index (χ1n) is 9.80. The predicted molar refractivity (Wildman–Crippen MR) is 115 cm³/mol. The monoisotopic (exact) mass is 443 g/mol. The van der Waals surface area contributed by atoms with Gasteiger partial charge in [-0.3, -0.25) is 15.3 Å². The van der Waals surface area contributed by atoms with Crippen molar-refractivity contribution in [3.63, 3.8) is 0 Å². The number of amides is 2. The van der Waals surface area contributed by atoms with Gasteiger partial charge in [0.1, 0.15) is 17.2 Å². The minimum Gasteiger partial charge on any atom is -0.352 e. The molecule has 2 atom stereocenters. The number of hydrogen-bond acceptors (Lipinski definition) is 5. The standard InChI is InChI=1S/C21H21ClFN6O2/c1-10-8-28(9-11(2)29(10)12(3)30)21-15(19(24)31)5-17(23)18(27-21)16-7-26-20-14(16)4-13(22)6-25-20/h4-7,10-11,24H,8-9H2,1-3H3,(H,25,26)/t10-,11+. The van der Waals surface area contributed by atoms with E-state index in [2.05, 4.69) is 15.0 Å². The van der Waals surface area contributed by atoms with Crippen LogP contribution in [0.1, 0.15) is 31.1 Å². The molecule has 4 rings (SSSR count). The molecular weight excluding hydrogens is 423 g/mol. The van der Waals surface area contributed by atoms with E-state index in [0.29, 0.717) is 34.7 Å². The highest BCUT2D eigenvalue weighted by atomic mass is 35.5. The number of pyridine rings is 2. The first-order valence-corrected chi connectivity index (χ1v) is 10.2. The van der Waals surface area contributed by atoms with E-state index in [1.54, 1.807) is 17.2 Å². The molecule has 1 fully saturated rings. The van der Waals surface area contributed by atoms with Crippen LogP contribution in [0.5, 0.6) is 0 Å². The third-order valence-electron chi connectivity index (χ3n) is 5.54. The van der Waals surface area contributed by atoms with E-state index in [-0.39, 0.29) is 35.1 Å². The Hall–Kier alpha value is -3.20. The molecule has 4 heterocycles. The number of H-pyrrole nitrogens is 1. The topological polar surface area (TPSA) is 106 Å². The van der Waals surface area contributed by atoms with E-state index in [4.69, 9.17) is 17.3 Å². The average Bonchev–Trinajstić information content (AvgIpc) is 3.09. The fourth-order valence-electron chi connectivity index (χ4n) is 4.37. The van der Waals surface area contributed by atoms with Crippen LogP contribution in [0.25, 0.3) is 22.3 Å². The number of carbonyl (C=O) groups excluding carboxylic acids is 2. The highest BCUT2D eigenvalue weighted by Crippen LogP contribution is 2.34. The summed E-state index contributed by atoms with van der Waals surface area (Å²) < 4.78 is 15.0. The summed E-state index contributed by atoms with van der Waals surface area (Å²) in [5, 5.41) is 0.993. The first kappa shape index (κ1) is 21.0. The molecule has 3 aromatic heterocycles. The largest absolute Gasteiger partial charge is 0.352 e. The maximum absolute atomic E-state index is 15.0. The van der Waals surface area contributed by atoms with Gasteiger partial charge in [-0.2, -0.15) is 0 Å². The summed E-state index contributed by atoms with van der Waals surface area (Å²) in [7, 11) is 0. The summed E-state index contributed by atoms with van der Waals surface area (Å²) in [6.45, 7) is 6.15.